The van der Waals surface area contributed by atoms with Gasteiger partial charge in [-0.2, -0.15) is 0 Å². The SMILES string of the molecule is COc1ccc(C2CCCCN(C(=O)N3CCNC3=O)C2)cc1. The molecule has 0 spiro atoms. The Bertz CT molecular complexity index is 573. The molecule has 3 rings (SSSR count). The maximum Gasteiger partial charge on any atom is 0.328 e. The van der Waals surface area contributed by atoms with Crippen molar-refractivity contribution in [2.45, 2.75) is 25.2 Å². The number of benzene rings is 1. The molecular weight excluding hydrogens is 294 g/mol. The molecule has 6 nitrogen and oxygen atoms in total. The van der Waals surface area contributed by atoms with Gasteiger partial charge >= 0.3 is 12.1 Å². The molecule has 2 aliphatic heterocycles. The highest BCUT2D eigenvalue weighted by Gasteiger charge is 2.32. The molecule has 0 saturated carbocycles. The first-order chi connectivity index (χ1) is 11.2. The number of urea groups is 2. The van der Waals surface area contributed by atoms with Gasteiger partial charge in [0.25, 0.3) is 0 Å². The summed E-state index contributed by atoms with van der Waals surface area (Å²) in [4.78, 5) is 27.5. The van der Waals surface area contributed by atoms with Gasteiger partial charge in [0.05, 0.1) is 7.11 Å². The Labute approximate surface area is 136 Å². The van der Waals surface area contributed by atoms with E-state index in [2.05, 4.69) is 17.4 Å². The Morgan fingerprint density at radius 1 is 1.22 bits per heavy atom. The standard InChI is InChI=1S/C17H23N3O3/c1-23-15-7-5-13(6-8-15)14-4-2-3-10-19(12-14)17(22)20-11-9-18-16(20)21/h5-8,14H,2-4,9-12H2,1H3,(H,18,21). The summed E-state index contributed by atoms with van der Waals surface area (Å²) < 4.78 is 5.20. The van der Waals surface area contributed by atoms with Crippen LogP contribution in [0.2, 0.25) is 0 Å². The van der Waals surface area contributed by atoms with Crippen LogP contribution in [0.25, 0.3) is 0 Å². The van der Waals surface area contributed by atoms with E-state index in [4.69, 9.17) is 4.74 Å². The van der Waals surface area contributed by atoms with Crippen LogP contribution in [0.15, 0.2) is 24.3 Å². The smallest absolute Gasteiger partial charge is 0.328 e. The fourth-order valence-corrected chi connectivity index (χ4v) is 3.29. The van der Waals surface area contributed by atoms with E-state index in [-0.39, 0.29) is 12.1 Å². The minimum absolute atomic E-state index is 0.166. The second-order valence-corrected chi connectivity index (χ2v) is 6.08. The van der Waals surface area contributed by atoms with Crippen LogP contribution in [0.5, 0.6) is 5.75 Å². The Morgan fingerprint density at radius 2 is 2.00 bits per heavy atom. The molecule has 0 aliphatic carbocycles. The number of nitrogens with zero attached hydrogens (tertiary/aromatic N) is 2. The third-order valence-corrected chi connectivity index (χ3v) is 4.62. The molecule has 0 bridgehead atoms. The average Bonchev–Trinajstić information content (AvgIpc) is 2.86. The topological polar surface area (TPSA) is 61.9 Å². The number of carbonyl (C=O) groups is 2. The van der Waals surface area contributed by atoms with Crippen molar-refractivity contribution < 1.29 is 14.3 Å². The molecule has 1 unspecified atom stereocenters. The van der Waals surface area contributed by atoms with Gasteiger partial charge in [0, 0.05) is 32.1 Å². The third-order valence-electron chi connectivity index (χ3n) is 4.62. The van der Waals surface area contributed by atoms with E-state index in [9.17, 15) is 9.59 Å². The fraction of sp³-hybridized carbons (Fsp3) is 0.529. The van der Waals surface area contributed by atoms with Crippen molar-refractivity contribution in [1.82, 2.24) is 15.1 Å². The van der Waals surface area contributed by atoms with Crippen LogP contribution in [0.3, 0.4) is 0 Å². The van der Waals surface area contributed by atoms with E-state index in [1.807, 2.05) is 17.0 Å². The summed E-state index contributed by atoms with van der Waals surface area (Å²) in [5.41, 5.74) is 1.22. The molecule has 0 aromatic heterocycles. The summed E-state index contributed by atoms with van der Waals surface area (Å²) in [6, 6.07) is 7.61. The summed E-state index contributed by atoms with van der Waals surface area (Å²) in [6.07, 6.45) is 3.13. The van der Waals surface area contributed by atoms with E-state index >= 15 is 0 Å². The van der Waals surface area contributed by atoms with Crippen LogP contribution in [0.4, 0.5) is 9.59 Å². The number of hydrogen-bond acceptors (Lipinski definition) is 3. The van der Waals surface area contributed by atoms with E-state index in [1.165, 1.54) is 10.5 Å². The zero-order valence-electron chi connectivity index (χ0n) is 13.5. The van der Waals surface area contributed by atoms with Gasteiger partial charge in [-0.1, -0.05) is 18.6 Å². The van der Waals surface area contributed by atoms with Crippen LogP contribution in [0, 0.1) is 0 Å². The molecule has 1 aromatic rings. The lowest BCUT2D eigenvalue weighted by Gasteiger charge is -2.27. The van der Waals surface area contributed by atoms with E-state index in [0.29, 0.717) is 25.6 Å². The summed E-state index contributed by atoms with van der Waals surface area (Å²) >= 11 is 0. The van der Waals surface area contributed by atoms with Gasteiger partial charge in [-0.05, 0) is 30.5 Å². The maximum absolute atomic E-state index is 12.6. The van der Waals surface area contributed by atoms with Gasteiger partial charge in [-0.3, -0.25) is 0 Å². The number of nitrogens with one attached hydrogen (secondary N) is 1. The van der Waals surface area contributed by atoms with E-state index in [1.54, 1.807) is 7.11 Å². The Hall–Kier alpha value is -2.24. The number of amides is 4. The minimum Gasteiger partial charge on any atom is -0.497 e. The molecule has 1 aromatic carbocycles. The highest BCUT2D eigenvalue weighted by molar-refractivity contribution is 5.95. The van der Waals surface area contributed by atoms with Crippen molar-refractivity contribution in [2.24, 2.45) is 0 Å². The average molecular weight is 317 g/mol. The molecular formula is C17H23N3O3. The lowest BCUT2D eigenvalue weighted by molar-refractivity contribution is 0.163. The molecule has 2 fully saturated rings. The molecule has 2 aliphatic rings. The molecule has 2 saturated heterocycles. The molecule has 23 heavy (non-hydrogen) atoms. The number of ether oxygens (including phenoxy) is 1. The maximum atomic E-state index is 12.6. The quantitative estimate of drug-likeness (QED) is 0.911. The van der Waals surface area contributed by atoms with Crippen LogP contribution >= 0.6 is 0 Å². The normalized spacial score (nSPS) is 21.8. The van der Waals surface area contributed by atoms with Gasteiger partial charge in [-0.15, -0.1) is 0 Å². The number of rotatable bonds is 2. The van der Waals surface area contributed by atoms with Crippen LogP contribution in [0.1, 0.15) is 30.7 Å². The van der Waals surface area contributed by atoms with Crippen molar-refractivity contribution >= 4 is 12.1 Å². The van der Waals surface area contributed by atoms with Gasteiger partial charge in [0.2, 0.25) is 0 Å². The molecule has 0 radical (unpaired) electrons. The second-order valence-electron chi connectivity index (χ2n) is 6.08. The molecule has 6 heteroatoms. The molecule has 2 heterocycles. The van der Waals surface area contributed by atoms with Crippen molar-refractivity contribution in [3.63, 3.8) is 0 Å². The van der Waals surface area contributed by atoms with Crippen molar-refractivity contribution in [3.8, 4) is 5.75 Å². The van der Waals surface area contributed by atoms with Gasteiger partial charge < -0.3 is 15.0 Å². The number of methoxy groups -OCH3 is 1. The second kappa shape index (κ2) is 6.89. The predicted molar refractivity (Wildman–Crippen MR) is 86.7 cm³/mol. The first-order valence-electron chi connectivity index (χ1n) is 8.17. The van der Waals surface area contributed by atoms with Crippen molar-refractivity contribution in [3.05, 3.63) is 29.8 Å². The van der Waals surface area contributed by atoms with Gasteiger partial charge in [0.15, 0.2) is 0 Å². The summed E-state index contributed by atoms with van der Waals surface area (Å²) in [6.45, 7) is 2.38. The predicted octanol–water partition coefficient (Wildman–Crippen LogP) is 2.41. The molecule has 4 amide bonds. The fourth-order valence-electron chi connectivity index (χ4n) is 3.29. The van der Waals surface area contributed by atoms with Gasteiger partial charge in [-0.25, -0.2) is 14.5 Å². The minimum atomic E-state index is -0.278. The third kappa shape index (κ3) is 3.41. The lowest BCUT2D eigenvalue weighted by atomic mass is 9.94. The number of carbonyl (C=O) groups excluding carboxylic acids is 2. The molecule has 124 valence electrons. The van der Waals surface area contributed by atoms with E-state index in [0.717, 1.165) is 31.6 Å². The Kier molecular flexibility index (Phi) is 4.69. The van der Waals surface area contributed by atoms with Crippen LogP contribution in [-0.4, -0.2) is 55.2 Å². The molecule has 1 N–H and O–H groups in total. The first-order valence-corrected chi connectivity index (χ1v) is 8.17. The summed E-state index contributed by atoms with van der Waals surface area (Å²) in [5.74, 6) is 1.14. The zero-order valence-corrected chi connectivity index (χ0v) is 13.5. The van der Waals surface area contributed by atoms with Crippen LogP contribution in [-0.2, 0) is 0 Å². The van der Waals surface area contributed by atoms with Crippen molar-refractivity contribution in [2.75, 3.05) is 33.3 Å². The molecule has 1 atom stereocenters. The highest BCUT2D eigenvalue weighted by atomic mass is 16.5. The van der Waals surface area contributed by atoms with Crippen LogP contribution < -0.4 is 10.1 Å². The number of likely N-dealkylation sites (tertiary alicyclic amines) is 1. The Balaban J connectivity index is 1.72. The largest absolute Gasteiger partial charge is 0.497 e. The van der Waals surface area contributed by atoms with Gasteiger partial charge in [0.1, 0.15) is 5.75 Å². The van der Waals surface area contributed by atoms with E-state index < -0.39 is 0 Å². The number of imide groups is 1. The highest BCUT2D eigenvalue weighted by Crippen LogP contribution is 2.28. The zero-order chi connectivity index (χ0) is 16.2. The lowest BCUT2D eigenvalue weighted by Crippen LogP contribution is -2.45. The summed E-state index contributed by atoms with van der Waals surface area (Å²) in [7, 11) is 1.65. The monoisotopic (exact) mass is 317 g/mol. The number of hydrogen-bond donors (Lipinski definition) is 1. The first kappa shape index (κ1) is 15.6. The van der Waals surface area contributed by atoms with Crippen molar-refractivity contribution in [1.29, 1.82) is 0 Å². The summed E-state index contributed by atoms with van der Waals surface area (Å²) in [5, 5.41) is 2.69. The Morgan fingerprint density at radius 3 is 2.65 bits per heavy atom.